The lowest BCUT2D eigenvalue weighted by atomic mass is 10.2. The van der Waals surface area contributed by atoms with E-state index in [1.807, 2.05) is 0 Å². The molecule has 6 nitrogen and oxygen atoms in total. The highest BCUT2D eigenvalue weighted by Gasteiger charge is 2.32. The first-order valence-electron chi connectivity index (χ1n) is 5.52. The summed E-state index contributed by atoms with van der Waals surface area (Å²) in [5.41, 5.74) is 0. The standard InChI is InChI=1S/C11H15NO5S/c1-2-17-11(16)8-7-18-6-5-12(8)9(13)3-4-10(14)15/h3-4,8H,2,5-7H2,1H3,(H,14,15)/b4-3+. The molecule has 0 aliphatic carbocycles. The van der Waals surface area contributed by atoms with Gasteiger partial charge in [-0.15, -0.1) is 0 Å². The monoisotopic (exact) mass is 273 g/mol. The Labute approximate surface area is 109 Å². The summed E-state index contributed by atoms with van der Waals surface area (Å²) in [6.07, 6.45) is 1.73. The molecule has 1 saturated heterocycles. The summed E-state index contributed by atoms with van der Waals surface area (Å²) >= 11 is 1.57. The Balaban J connectivity index is 2.72. The molecule has 1 atom stereocenters. The van der Waals surface area contributed by atoms with E-state index in [9.17, 15) is 14.4 Å². The van der Waals surface area contributed by atoms with Crippen LogP contribution in [-0.4, -0.2) is 58.6 Å². The second kappa shape index (κ2) is 7.05. The first kappa shape index (κ1) is 14.6. The number of carboxylic acids is 1. The summed E-state index contributed by atoms with van der Waals surface area (Å²) in [5.74, 6) is -0.909. The zero-order valence-corrected chi connectivity index (χ0v) is 10.8. The molecule has 0 radical (unpaired) electrons. The van der Waals surface area contributed by atoms with E-state index < -0.39 is 23.9 Å². The van der Waals surface area contributed by atoms with Crippen LogP contribution in [0.4, 0.5) is 0 Å². The Morgan fingerprint density at radius 3 is 2.78 bits per heavy atom. The number of carbonyl (C=O) groups excluding carboxylic acids is 2. The van der Waals surface area contributed by atoms with E-state index in [0.717, 1.165) is 17.9 Å². The number of hydrogen-bond donors (Lipinski definition) is 1. The zero-order chi connectivity index (χ0) is 13.5. The molecule has 0 aromatic carbocycles. The van der Waals surface area contributed by atoms with Gasteiger partial charge in [0, 0.05) is 30.2 Å². The van der Waals surface area contributed by atoms with Gasteiger partial charge in [-0.05, 0) is 6.92 Å². The zero-order valence-electron chi connectivity index (χ0n) is 10.00. The van der Waals surface area contributed by atoms with Crippen molar-refractivity contribution in [3.63, 3.8) is 0 Å². The van der Waals surface area contributed by atoms with Crippen LogP contribution in [0.15, 0.2) is 12.2 Å². The lowest BCUT2D eigenvalue weighted by Crippen LogP contribution is -2.50. The van der Waals surface area contributed by atoms with Crippen molar-refractivity contribution in [1.82, 2.24) is 4.90 Å². The van der Waals surface area contributed by atoms with E-state index in [1.54, 1.807) is 18.7 Å². The molecule has 1 unspecified atom stereocenters. The maximum Gasteiger partial charge on any atom is 0.329 e. The van der Waals surface area contributed by atoms with Crippen LogP contribution in [0.1, 0.15) is 6.92 Å². The molecule has 1 fully saturated rings. The minimum atomic E-state index is -1.19. The van der Waals surface area contributed by atoms with E-state index in [1.165, 1.54) is 4.90 Å². The van der Waals surface area contributed by atoms with Crippen molar-refractivity contribution in [2.45, 2.75) is 13.0 Å². The summed E-state index contributed by atoms with van der Waals surface area (Å²) in [6, 6.07) is -0.630. The number of hydrogen-bond acceptors (Lipinski definition) is 5. The van der Waals surface area contributed by atoms with Crippen LogP contribution >= 0.6 is 11.8 Å². The van der Waals surface area contributed by atoms with Crippen molar-refractivity contribution in [3.8, 4) is 0 Å². The highest BCUT2D eigenvalue weighted by atomic mass is 32.2. The Morgan fingerprint density at radius 1 is 1.44 bits per heavy atom. The van der Waals surface area contributed by atoms with Crippen molar-refractivity contribution in [1.29, 1.82) is 0 Å². The molecule has 100 valence electrons. The Hall–Kier alpha value is -1.50. The Morgan fingerprint density at radius 2 is 2.17 bits per heavy atom. The molecule has 1 heterocycles. The Kier molecular flexibility index (Phi) is 5.70. The van der Waals surface area contributed by atoms with Crippen LogP contribution in [0.2, 0.25) is 0 Å². The summed E-state index contributed by atoms with van der Waals surface area (Å²) in [7, 11) is 0. The van der Waals surface area contributed by atoms with Crippen molar-refractivity contribution in [3.05, 3.63) is 12.2 Å². The van der Waals surface area contributed by atoms with Crippen LogP contribution in [0.3, 0.4) is 0 Å². The second-order valence-corrected chi connectivity index (χ2v) is 4.70. The third-order valence-corrected chi connectivity index (χ3v) is 3.36. The van der Waals surface area contributed by atoms with Crippen molar-refractivity contribution in [2.24, 2.45) is 0 Å². The molecule has 1 amide bonds. The number of thioether (sulfide) groups is 1. The van der Waals surface area contributed by atoms with Gasteiger partial charge in [0.2, 0.25) is 5.91 Å². The minimum absolute atomic E-state index is 0.257. The molecular formula is C11H15NO5S. The fourth-order valence-corrected chi connectivity index (χ4v) is 2.57. The average Bonchev–Trinajstić information content (AvgIpc) is 2.36. The Bertz CT molecular complexity index is 368. The van der Waals surface area contributed by atoms with Gasteiger partial charge in [-0.25, -0.2) is 9.59 Å². The van der Waals surface area contributed by atoms with E-state index in [0.29, 0.717) is 12.3 Å². The molecule has 0 aromatic heterocycles. The number of rotatable bonds is 4. The summed E-state index contributed by atoms with van der Waals surface area (Å²) in [5, 5.41) is 8.47. The average molecular weight is 273 g/mol. The highest BCUT2D eigenvalue weighted by molar-refractivity contribution is 7.99. The molecular weight excluding hydrogens is 258 g/mol. The largest absolute Gasteiger partial charge is 0.478 e. The third-order valence-electron chi connectivity index (χ3n) is 2.34. The van der Waals surface area contributed by atoms with E-state index >= 15 is 0 Å². The lowest BCUT2D eigenvalue weighted by Gasteiger charge is -2.32. The van der Waals surface area contributed by atoms with Gasteiger partial charge < -0.3 is 14.7 Å². The first-order chi connectivity index (χ1) is 8.56. The summed E-state index contributed by atoms with van der Waals surface area (Å²) in [6.45, 7) is 2.37. The molecule has 7 heteroatoms. The smallest absolute Gasteiger partial charge is 0.329 e. The number of aliphatic carboxylic acids is 1. The van der Waals surface area contributed by atoms with Crippen LogP contribution in [0.25, 0.3) is 0 Å². The molecule has 0 bridgehead atoms. The fraction of sp³-hybridized carbons (Fsp3) is 0.545. The summed E-state index contributed by atoms with van der Waals surface area (Å²) < 4.78 is 4.90. The lowest BCUT2D eigenvalue weighted by molar-refractivity contribution is -0.152. The van der Waals surface area contributed by atoms with Crippen LogP contribution in [-0.2, 0) is 19.1 Å². The predicted octanol–water partition coefficient (Wildman–Crippen LogP) is 0.134. The molecule has 1 rings (SSSR count). The minimum Gasteiger partial charge on any atom is -0.478 e. The van der Waals surface area contributed by atoms with Gasteiger partial charge in [-0.2, -0.15) is 11.8 Å². The van der Waals surface area contributed by atoms with Gasteiger partial charge in [0.25, 0.3) is 0 Å². The van der Waals surface area contributed by atoms with Gasteiger partial charge in [0.05, 0.1) is 6.61 Å². The molecule has 1 aliphatic rings. The number of ether oxygens (including phenoxy) is 1. The number of nitrogens with zero attached hydrogens (tertiary/aromatic N) is 1. The third kappa shape index (κ3) is 4.06. The van der Waals surface area contributed by atoms with Crippen LogP contribution in [0.5, 0.6) is 0 Å². The highest BCUT2D eigenvalue weighted by Crippen LogP contribution is 2.18. The predicted molar refractivity (Wildman–Crippen MR) is 66.2 cm³/mol. The number of amides is 1. The normalized spacial score (nSPS) is 19.8. The summed E-state index contributed by atoms with van der Waals surface area (Å²) in [4.78, 5) is 35.2. The second-order valence-electron chi connectivity index (χ2n) is 3.55. The fourth-order valence-electron chi connectivity index (χ4n) is 1.54. The quantitative estimate of drug-likeness (QED) is 0.579. The maximum atomic E-state index is 11.8. The van der Waals surface area contributed by atoms with Crippen molar-refractivity contribution >= 4 is 29.6 Å². The SMILES string of the molecule is CCOC(=O)C1CSCCN1C(=O)/C=C/C(=O)O. The molecule has 0 spiro atoms. The number of carboxylic acid groups (broad SMARTS) is 1. The van der Waals surface area contributed by atoms with Gasteiger partial charge in [-0.3, -0.25) is 4.79 Å². The van der Waals surface area contributed by atoms with E-state index in [4.69, 9.17) is 9.84 Å². The van der Waals surface area contributed by atoms with Crippen LogP contribution in [0, 0.1) is 0 Å². The molecule has 1 aliphatic heterocycles. The number of carbonyl (C=O) groups is 3. The van der Waals surface area contributed by atoms with Crippen molar-refractivity contribution in [2.75, 3.05) is 24.7 Å². The number of esters is 1. The van der Waals surface area contributed by atoms with Gasteiger partial charge >= 0.3 is 11.9 Å². The molecule has 0 aromatic rings. The first-order valence-corrected chi connectivity index (χ1v) is 6.67. The van der Waals surface area contributed by atoms with Crippen LogP contribution < -0.4 is 0 Å². The molecule has 0 saturated carbocycles. The topological polar surface area (TPSA) is 83.9 Å². The van der Waals surface area contributed by atoms with Crippen molar-refractivity contribution < 1.29 is 24.2 Å². The van der Waals surface area contributed by atoms with Gasteiger partial charge in [0.15, 0.2) is 0 Å². The maximum absolute atomic E-state index is 11.8. The van der Waals surface area contributed by atoms with Gasteiger partial charge in [0.1, 0.15) is 6.04 Å². The van der Waals surface area contributed by atoms with E-state index in [-0.39, 0.29) is 6.61 Å². The van der Waals surface area contributed by atoms with Gasteiger partial charge in [-0.1, -0.05) is 0 Å². The van der Waals surface area contributed by atoms with E-state index in [2.05, 4.69) is 0 Å². The molecule has 18 heavy (non-hydrogen) atoms. The molecule has 1 N–H and O–H groups in total.